The predicted molar refractivity (Wildman–Crippen MR) is 281 cm³/mol. The van der Waals surface area contributed by atoms with Gasteiger partial charge in [0.1, 0.15) is 48.8 Å². The van der Waals surface area contributed by atoms with Crippen molar-refractivity contribution in [2.24, 2.45) is 0 Å². The topological polar surface area (TPSA) is 228 Å². The number of carbonyl (C=O) groups excluding carboxylic acids is 1. The fourth-order valence-corrected chi connectivity index (χ4v) is 8.13. The average Bonchev–Trinajstić information content (AvgIpc) is 3.37. The molecule has 2 heterocycles. The summed E-state index contributed by atoms with van der Waals surface area (Å²) in [4.78, 5) is 13.2. The van der Waals surface area contributed by atoms with Crippen LogP contribution < -0.4 is 5.32 Å². The van der Waals surface area contributed by atoms with E-state index in [0.717, 1.165) is 77.0 Å². The van der Waals surface area contributed by atoms with E-state index in [1.165, 1.54) is 51.4 Å². The van der Waals surface area contributed by atoms with Gasteiger partial charge in [-0.15, -0.1) is 0 Å². The van der Waals surface area contributed by atoms with E-state index in [1.54, 1.807) is 6.08 Å². The van der Waals surface area contributed by atoms with Crippen LogP contribution in [0.15, 0.2) is 97.2 Å². The maximum absolute atomic E-state index is 13.2. The second kappa shape index (κ2) is 42.3. The van der Waals surface area contributed by atoms with Crippen LogP contribution in [0.4, 0.5) is 0 Å². The SMILES string of the molecule is CC/C=C\C/C=C\C/C=C\C/C=C\C/C=C\C/C=C\CCCCCCC(=O)NC(COC1OC(CO)C(OC2OC(CO)C(O)C(O)C2O)C(O)C1O)C(O)/C=C/CC/C=C/CCCCCCCCCC. The van der Waals surface area contributed by atoms with Crippen molar-refractivity contribution < 1.29 is 64.6 Å². The second-order valence-corrected chi connectivity index (χ2v) is 18.6. The third-order valence-corrected chi connectivity index (χ3v) is 12.5. The summed E-state index contributed by atoms with van der Waals surface area (Å²) in [5.41, 5.74) is 0. The van der Waals surface area contributed by atoms with Crippen molar-refractivity contribution in [2.75, 3.05) is 19.8 Å². The minimum atomic E-state index is -1.80. The smallest absolute Gasteiger partial charge is 0.220 e. The number of aliphatic hydroxyl groups excluding tert-OH is 8. The van der Waals surface area contributed by atoms with Crippen molar-refractivity contribution >= 4 is 5.91 Å². The van der Waals surface area contributed by atoms with Crippen molar-refractivity contribution in [1.29, 1.82) is 0 Å². The van der Waals surface area contributed by atoms with E-state index < -0.39 is 86.8 Å². The van der Waals surface area contributed by atoms with E-state index >= 15 is 0 Å². The van der Waals surface area contributed by atoms with E-state index in [-0.39, 0.29) is 18.9 Å². The summed E-state index contributed by atoms with van der Waals surface area (Å²) in [6, 6.07) is -0.951. The van der Waals surface area contributed by atoms with Crippen LogP contribution in [0.5, 0.6) is 0 Å². The first kappa shape index (κ1) is 64.0. The zero-order chi connectivity index (χ0) is 51.7. The quantitative estimate of drug-likeness (QED) is 0.0210. The lowest BCUT2D eigenvalue weighted by molar-refractivity contribution is -0.359. The molecule has 9 N–H and O–H groups in total. The molecule has 2 aliphatic rings. The molecule has 2 rings (SSSR count). The molecule has 71 heavy (non-hydrogen) atoms. The Morgan fingerprint density at radius 2 is 0.986 bits per heavy atom. The van der Waals surface area contributed by atoms with Crippen molar-refractivity contribution in [3.05, 3.63) is 97.2 Å². The Balaban J connectivity index is 1.83. The average molecular weight is 1000 g/mol. The van der Waals surface area contributed by atoms with Crippen LogP contribution in [-0.2, 0) is 23.7 Å². The van der Waals surface area contributed by atoms with Gasteiger partial charge in [-0.25, -0.2) is 0 Å². The lowest BCUT2D eigenvalue weighted by Gasteiger charge is -2.46. The van der Waals surface area contributed by atoms with E-state index in [9.17, 15) is 45.6 Å². The number of ether oxygens (including phenoxy) is 4. The first-order valence-electron chi connectivity index (χ1n) is 27.0. The lowest BCUT2D eigenvalue weighted by Crippen LogP contribution is -2.65. The number of nitrogens with one attached hydrogen (secondary N) is 1. The van der Waals surface area contributed by atoms with Gasteiger partial charge in [-0.3, -0.25) is 4.79 Å². The highest BCUT2D eigenvalue weighted by Gasteiger charge is 2.51. The number of aliphatic hydroxyl groups is 8. The first-order valence-corrected chi connectivity index (χ1v) is 27.0. The van der Waals surface area contributed by atoms with Gasteiger partial charge in [0.15, 0.2) is 12.6 Å². The molecule has 14 heteroatoms. The summed E-state index contributed by atoms with van der Waals surface area (Å²) in [6.45, 7) is 2.61. The molecule has 406 valence electrons. The highest BCUT2D eigenvalue weighted by molar-refractivity contribution is 5.76. The van der Waals surface area contributed by atoms with Crippen LogP contribution in [0, 0.1) is 0 Å². The third-order valence-electron chi connectivity index (χ3n) is 12.5. The fraction of sp³-hybridized carbons (Fsp3) is 0.702. The molecule has 0 bridgehead atoms. The molecular weight excluding hydrogens is 907 g/mol. The summed E-state index contributed by atoms with van der Waals surface area (Å²) in [5.74, 6) is -0.279. The minimum Gasteiger partial charge on any atom is -0.394 e. The summed E-state index contributed by atoms with van der Waals surface area (Å²) in [5, 5.41) is 86.8. The van der Waals surface area contributed by atoms with Gasteiger partial charge < -0.3 is 65.1 Å². The van der Waals surface area contributed by atoms with E-state index in [2.05, 4.69) is 104 Å². The second-order valence-electron chi connectivity index (χ2n) is 18.6. The molecule has 2 aliphatic heterocycles. The molecular formula is C57H95NO13. The highest BCUT2D eigenvalue weighted by Crippen LogP contribution is 2.30. The molecule has 0 aliphatic carbocycles. The molecule has 14 nitrogen and oxygen atoms in total. The number of unbranched alkanes of at least 4 members (excludes halogenated alkanes) is 13. The Hall–Kier alpha value is -3.09. The van der Waals surface area contributed by atoms with Crippen LogP contribution in [0.25, 0.3) is 0 Å². The molecule has 0 aromatic carbocycles. The number of carbonyl (C=O) groups is 1. The number of hydrogen-bond acceptors (Lipinski definition) is 13. The maximum Gasteiger partial charge on any atom is 0.220 e. The Morgan fingerprint density at radius 1 is 0.521 bits per heavy atom. The van der Waals surface area contributed by atoms with Crippen LogP contribution in [-0.4, -0.2) is 140 Å². The van der Waals surface area contributed by atoms with Crippen LogP contribution >= 0.6 is 0 Å². The fourth-order valence-electron chi connectivity index (χ4n) is 8.13. The van der Waals surface area contributed by atoms with Gasteiger partial charge in [-0.2, -0.15) is 0 Å². The summed E-state index contributed by atoms with van der Waals surface area (Å²) in [6.07, 6.45) is 40.1. The Morgan fingerprint density at radius 3 is 1.55 bits per heavy atom. The van der Waals surface area contributed by atoms with Crippen molar-refractivity contribution in [1.82, 2.24) is 5.32 Å². The predicted octanol–water partition coefficient (Wildman–Crippen LogP) is 7.93. The number of rotatable bonds is 40. The van der Waals surface area contributed by atoms with Gasteiger partial charge in [-0.1, -0.05) is 169 Å². The molecule has 0 spiro atoms. The molecule has 12 atom stereocenters. The molecule has 12 unspecified atom stereocenters. The first-order chi connectivity index (χ1) is 34.6. The van der Waals surface area contributed by atoms with Crippen LogP contribution in [0.1, 0.15) is 162 Å². The summed E-state index contributed by atoms with van der Waals surface area (Å²) < 4.78 is 22.7. The zero-order valence-corrected chi connectivity index (χ0v) is 43.2. The van der Waals surface area contributed by atoms with Crippen molar-refractivity contribution in [3.63, 3.8) is 0 Å². The van der Waals surface area contributed by atoms with Crippen molar-refractivity contribution in [3.8, 4) is 0 Å². The van der Waals surface area contributed by atoms with E-state index in [1.807, 2.05) is 6.08 Å². The molecule has 0 saturated carbocycles. The Kier molecular flexibility index (Phi) is 38.1. The minimum absolute atomic E-state index is 0.237. The maximum atomic E-state index is 13.2. The molecule has 0 aromatic rings. The molecule has 1 amide bonds. The molecule has 2 fully saturated rings. The number of amides is 1. The van der Waals surface area contributed by atoms with Crippen LogP contribution in [0.2, 0.25) is 0 Å². The summed E-state index contributed by atoms with van der Waals surface area (Å²) >= 11 is 0. The van der Waals surface area contributed by atoms with Crippen molar-refractivity contribution in [2.45, 2.75) is 235 Å². The Bertz CT molecular complexity index is 1560. The number of allylic oxidation sites excluding steroid dienone is 15. The van der Waals surface area contributed by atoms with Gasteiger partial charge in [0.05, 0.1) is 32.0 Å². The normalized spacial score (nSPS) is 26.6. The Labute approximate surface area is 426 Å². The lowest BCUT2D eigenvalue weighted by atomic mass is 9.97. The van der Waals surface area contributed by atoms with Gasteiger partial charge in [0, 0.05) is 6.42 Å². The third kappa shape index (κ3) is 28.8. The van der Waals surface area contributed by atoms with E-state index in [0.29, 0.717) is 12.8 Å². The van der Waals surface area contributed by atoms with E-state index in [4.69, 9.17) is 18.9 Å². The molecule has 2 saturated heterocycles. The molecule has 0 aromatic heterocycles. The van der Waals surface area contributed by atoms with Gasteiger partial charge >= 0.3 is 0 Å². The number of hydrogen-bond donors (Lipinski definition) is 9. The molecule has 0 radical (unpaired) electrons. The van der Waals surface area contributed by atoms with Gasteiger partial charge in [0.2, 0.25) is 5.91 Å². The standard InChI is InChI=1S/C57H95NO13/c1-3-5-7-9-11-13-15-17-19-20-21-22-23-24-25-26-27-29-31-33-35-37-39-41-49(62)58-45(46(61)40-38-36-34-32-30-28-18-16-14-12-10-8-6-4-2)44-68-56-54(67)52(65)55(48(43-60)70-56)71-57-53(66)51(64)50(63)47(42-59)69-57/h5,7,11,13,17,19,21-22,24-25,27,29-30,32,38,40,45-48,50-57,59-61,63-67H,3-4,6,8-10,12,14-16,18,20,23,26,28,31,33-37,39,41-44H2,1-2H3,(H,58,62)/b7-5-,13-11-,19-17-,22-21-,25-24-,29-27-,32-30+,40-38+. The van der Waals surface area contributed by atoms with Crippen LogP contribution in [0.3, 0.4) is 0 Å². The monoisotopic (exact) mass is 1000 g/mol. The highest BCUT2D eigenvalue weighted by atomic mass is 16.7. The largest absolute Gasteiger partial charge is 0.394 e. The van der Waals surface area contributed by atoms with Gasteiger partial charge in [0.25, 0.3) is 0 Å². The zero-order valence-electron chi connectivity index (χ0n) is 43.2. The van der Waals surface area contributed by atoms with Gasteiger partial charge in [-0.05, 0) is 83.5 Å². The summed E-state index contributed by atoms with van der Waals surface area (Å²) in [7, 11) is 0.